The zero-order valence-electron chi connectivity index (χ0n) is 17.5. The number of rotatable bonds is 6. The Hall–Kier alpha value is -3.91. The Kier molecular flexibility index (Phi) is 5.20. The van der Waals surface area contributed by atoms with Crippen molar-refractivity contribution in [2.75, 3.05) is 5.32 Å². The normalized spacial score (nSPS) is 11.1. The molecule has 7 nitrogen and oxygen atoms in total. The highest BCUT2D eigenvalue weighted by Gasteiger charge is 2.18. The molecule has 0 saturated carbocycles. The van der Waals surface area contributed by atoms with E-state index < -0.39 is 0 Å². The van der Waals surface area contributed by atoms with E-state index in [1.807, 2.05) is 79.2 Å². The van der Waals surface area contributed by atoms with Gasteiger partial charge < -0.3 is 18.9 Å². The molecule has 8 heteroatoms. The van der Waals surface area contributed by atoms with Crippen molar-refractivity contribution in [1.82, 2.24) is 14.4 Å². The summed E-state index contributed by atoms with van der Waals surface area (Å²) in [5, 5.41) is 3.62. The molecule has 0 unspecified atom stereocenters. The molecule has 0 bridgehead atoms. The minimum absolute atomic E-state index is 0.216. The fraction of sp³-hybridized carbons (Fsp3) is 0.125. The van der Waals surface area contributed by atoms with Gasteiger partial charge in [-0.1, -0.05) is 12.1 Å². The zero-order valence-corrected chi connectivity index (χ0v) is 18.3. The minimum atomic E-state index is -0.216. The van der Waals surface area contributed by atoms with Crippen LogP contribution in [-0.2, 0) is 6.61 Å². The van der Waals surface area contributed by atoms with Gasteiger partial charge in [-0.3, -0.25) is 4.79 Å². The highest BCUT2D eigenvalue weighted by atomic mass is 32.1. The SMILES string of the molecule is Cc1ccc(-c2nc(C)c(C(=O)Nc3cccc(OCc4cn5ccccc5n4)c3)s2)o1. The van der Waals surface area contributed by atoms with E-state index >= 15 is 0 Å². The van der Waals surface area contributed by atoms with Crippen LogP contribution in [0.25, 0.3) is 16.4 Å². The predicted octanol–water partition coefficient (Wildman–Crippen LogP) is 5.50. The van der Waals surface area contributed by atoms with Gasteiger partial charge in [0.15, 0.2) is 10.8 Å². The van der Waals surface area contributed by atoms with Gasteiger partial charge in [-0.15, -0.1) is 11.3 Å². The first kappa shape index (κ1) is 20.0. The van der Waals surface area contributed by atoms with Gasteiger partial charge in [-0.2, -0.15) is 0 Å². The minimum Gasteiger partial charge on any atom is -0.487 e. The third-order valence-corrected chi connectivity index (χ3v) is 6.02. The van der Waals surface area contributed by atoms with Crippen molar-refractivity contribution in [2.24, 2.45) is 0 Å². The fourth-order valence-corrected chi connectivity index (χ4v) is 4.25. The Bertz CT molecular complexity index is 1380. The Balaban J connectivity index is 1.27. The average molecular weight is 445 g/mol. The van der Waals surface area contributed by atoms with Crippen LogP contribution in [0.4, 0.5) is 5.69 Å². The predicted molar refractivity (Wildman–Crippen MR) is 123 cm³/mol. The molecule has 0 fully saturated rings. The quantitative estimate of drug-likeness (QED) is 0.374. The fourth-order valence-electron chi connectivity index (χ4n) is 3.33. The van der Waals surface area contributed by atoms with Gasteiger partial charge in [0.05, 0.1) is 11.4 Å². The summed E-state index contributed by atoms with van der Waals surface area (Å²) in [6.07, 6.45) is 3.88. The molecule has 0 aliphatic rings. The maximum atomic E-state index is 12.8. The van der Waals surface area contributed by atoms with Gasteiger partial charge in [0.2, 0.25) is 0 Å². The summed E-state index contributed by atoms with van der Waals surface area (Å²) in [6, 6.07) is 16.9. The molecule has 0 aliphatic heterocycles. The molecule has 5 aromatic rings. The number of anilines is 1. The van der Waals surface area contributed by atoms with Crippen LogP contribution >= 0.6 is 11.3 Å². The Morgan fingerprint density at radius 1 is 1.12 bits per heavy atom. The number of nitrogens with one attached hydrogen (secondary N) is 1. The summed E-state index contributed by atoms with van der Waals surface area (Å²) < 4.78 is 13.5. The topological polar surface area (TPSA) is 81.7 Å². The van der Waals surface area contributed by atoms with E-state index in [4.69, 9.17) is 9.15 Å². The van der Waals surface area contributed by atoms with Gasteiger partial charge >= 0.3 is 0 Å². The number of pyridine rings is 1. The van der Waals surface area contributed by atoms with Crippen LogP contribution in [0.3, 0.4) is 0 Å². The third-order valence-electron chi connectivity index (χ3n) is 4.85. The van der Waals surface area contributed by atoms with Crippen molar-refractivity contribution in [2.45, 2.75) is 20.5 Å². The molecule has 4 heterocycles. The highest BCUT2D eigenvalue weighted by molar-refractivity contribution is 7.17. The van der Waals surface area contributed by atoms with E-state index in [-0.39, 0.29) is 5.91 Å². The smallest absolute Gasteiger partial charge is 0.267 e. The van der Waals surface area contributed by atoms with Crippen molar-refractivity contribution in [3.63, 3.8) is 0 Å². The molecule has 32 heavy (non-hydrogen) atoms. The number of amides is 1. The molecule has 1 aromatic carbocycles. The van der Waals surface area contributed by atoms with Crippen LogP contribution in [0.1, 0.15) is 26.8 Å². The molecule has 0 aliphatic carbocycles. The molecule has 0 spiro atoms. The Labute approximate surface area is 188 Å². The number of furan rings is 1. The number of hydrogen-bond acceptors (Lipinski definition) is 6. The lowest BCUT2D eigenvalue weighted by Crippen LogP contribution is -2.11. The molecule has 0 saturated heterocycles. The Morgan fingerprint density at radius 3 is 2.84 bits per heavy atom. The van der Waals surface area contributed by atoms with Crippen LogP contribution < -0.4 is 10.1 Å². The number of hydrogen-bond donors (Lipinski definition) is 1. The summed E-state index contributed by atoms with van der Waals surface area (Å²) in [5.74, 6) is 1.90. The van der Waals surface area contributed by atoms with E-state index in [2.05, 4.69) is 15.3 Å². The summed E-state index contributed by atoms with van der Waals surface area (Å²) in [7, 11) is 0. The van der Waals surface area contributed by atoms with Gasteiger partial charge in [-0.05, 0) is 50.2 Å². The summed E-state index contributed by atoms with van der Waals surface area (Å²) in [5.41, 5.74) is 3.00. The monoisotopic (exact) mass is 444 g/mol. The number of aromatic nitrogens is 3. The first-order valence-electron chi connectivity index (χ1n) is 10.1. The van der Waals surface area contributed by atoms with Crippen molar-refractivity contribution in [1.29, 1.82) is 0 Å². The summed E-state index contributed by atoms with van der Waals surface area (Å²) in [6.45, 7) is 4.03. The maximum absolute atomic E-state index is 12.8. The van der Waals surface area contributed by atoms with Gasteiger partial charge in [-0.25, -0.2) is 9.97 Å². The van der Waals surface area contributed by atoms with Crippen molar-refractivity contribution in [3.8, 4) is 16.5 Å². The molecule has 1 amide bonds. The number of carbonyl (C=O) groups is 1. The van der Waals surface area contributed by atoms with Crippen LogP contribution in [0.2, 0.25) is 0 Å². The summed E-state index contributed by atoms with van der Waals surface area (Å²) in [4.78, 5) is 22.4. The van der Waals surface area contributed by atoms with Crippen LogP contribution in [0, 0.1) is 13.8 Å². The van der Waals surface area contributed by atoms with Crippen LogP contribution in [0.5, 0.6) is 5.75 Å². The van der Waals surface area contributed by atoms with Crippen molar-refractivity contribution >= 4 is 28.6 Å². The molecular weight excluding hydrogens is 424 g/mol. The average Bonchev–Trinajstić information content (AvgIpc) is 3.50. The molecule has 1 N–H and O–H groups in total. The van der Waals surface area contributed by atoms with Crippen molar-refractivity contribution in [3.05, 3.63) is 89.0 Å². The maximum Gasteiger partial charge on any atom is 0.267 e. The van der Waals surface area contributed by atoms with E-state index in [1.54, 1.807) is 6.07 Å². The van der Waals surface area contributed by atoms with Gasteiger partial charge in [0.1, 0.15) is 28.6 Å². The number of aryl methyl sites for hydroxylation is 2. The van der Waals surface area contributed by atoms with Gasteiger partial charge in [0, 0.05) is 24.1 Å². The van der Waals surface area contributed by atoms with Crippen LogP contribution in [-0.4, -0.2) is 20.3 Å². The number of thiazole rings is 1. The largest absolute Gasteiger partial charge is 0.487 e. The van der Waals surface area contributed by atoms with E-state index in [9.17, 15) is 4.79 Å². The van der Waals surface area contributed by atoms with Crippen molar-refractivity contribution < 1.29 is 13.9 Å². The van der Waals surface area contributed by atoms with E-state index in [1.165, 1.54) is 11.3 Å². The lowest BCUT2D eigenvalue weighted by atomic mass is 10.3. The lowest BCUT2D eigenvalue weighted by molar-refractivity contribution is 0.103. The first-order chi connectivity index (χ1) is 15.5. The first-order valence-corrected chi connectivity index (χ1v) is 10.9. The van der Waals surface area contributed by atoms with Crippen LogP contribution in [0.15, 0.2) is 71.4 Å². The number of carbonyl (C=O) groups excluding carboxylic acids is 1. The second-order valence-electron chi connectivity index (χ2n) is 7.31. The molecule has 5 rings (SSSR count). The third kappa shape index (κ3) is 4.13. The molecule has 4 aromatic heterocycles. The summed E-state index contributed by atoms with van der Waals surface area (Å²) >= 11 is 1.31. The Morgan fingerprint density at radius 2 is 2.03 bits per heavy atom. The molecule has 0 radical (unpaired) electrons. The molecule has 160 valence electrons. The number of ether oxygens (including phenoxy) is 1. The zero-order chi connectivity index (χ0) is 22.1. The van der Waals surface area contributed by atoms with E-state index in [0.717, 1.165) is 17.1 Å². The standard InChI is InChI=1S/C24H20N4O3S/c1-15-9-10-20(31-15)24-25-16(2)22(32-24)23(29)27-17-6-5-7-19(12-17)30-14-18-13-28-11-4-3-8-21(28)26-18/h3-13H,14H2,1-2H3,(H,27,29). The number of imidazole rings is 1. The van der Waals surface area contributed by atoms with E-state index in [0.29, 0.717) is 39.4 Å². The number of nitrogens with zero attached hydrogens (tertiary/aromatic N) is 3. The number of fused-ring (bicyclic) bond motifs is 1. The lowest BCUT2D eigenvalue weighted by Gasteiger charge is -2.08. The molecule has 0 atom stereocenters. The second-order valence-corrected chi connectivity index (χ2v) is 8.31. The highest BCUT2D eigenvalue weighted by Crippen LogP contribution is 2.30. The van der Waals surface area contributed by atoms with Gasteiger partial charge in [0.25, 0.3) is 5.91 Å². The second kappa shape index (κ2) is 8.32. The number of benzene rings is 1. The molecular formula is C24H20N4O3S.